The van der Waals surface area contributed by atoms with Crippen LogP contribution in [0.2, 0.25) is 0 Å². The lowest BCUT2D eigenvalue weighted by Crippen LogP contribution is -2.65. The molecule has 0 atom stereocenters. The molecule has 0 aliphatic carbocycles. The molecule has 2 aliphatic rings. The number of hydrogen-bond acceptors (Lipinski definition) is 1. The van der Waals surface area contributed by atoms with Crippen molar-refractivity contribution in [1.29, 1.82) is 0 Å². The molecule has 2 heteroatoms. The van der Waals surface area contributed by atoms with Crippen LogP contribution < -0.4 is 21.3 Å². The Kier molecular flexibility index (Phi) is 9.70. The average molecular weight is 836 g/mol. The second-order valence-electron chi connectivity index (χ2n) is 20.1. The molecule has 0 N–H and O–H groups in total. The Hall–Kier alpha value is -7.16. The Balaban J connectivity index is 1.36. The summed E-state index contributed by atoms with van der Waals surface area (Å²) in [5.74, 6) is 0. The number of rotatable bonds is 6. The topological polar surface area (TPSA) is 3.24 Å². The van der Waals surface area contributed by atoms with E-state index in [0.717, 1.165) is 0 Å². The molecule has 0 bridgehead atoms. The van der Waals surface area contributed by atoms with Crippen molar-refractivity contribution in [1.82, 2.24) is 0 Å². The highest BCUT2D eigenvalue weighted by molar-refractivity contribution is 6.99. The van der Waals surface area contributed by atoms with E-state index < -0.39 is 5.41 Å². The molecular formula is C63H54BN. The second kappa shape index (κ2) is 15.5. The number of fused-ring (bicyclic) bond motifs is 4. The third-order valence-corrected chi connectivity index (χ3v) is 14.1. The van der Waals surface area contributed by atoms with Crippen molar-refractivity contribution < 1.29 is 0 Å². The van der Waals surface area contributed by atoms with Gasteiger partial charge in [-0.15, -0.1) is 0 Å². The van der Waals surface area contributed by atoms with Crippen molar-refractivity contribution in [2.24, 2.45) is 0 Å². The summed E-state index contributed by atoms with van der Waals surface area (Å²) in [5.41, 5.74) is 21.9. The standard InChI is InChI=1S/C63H54BN/c1-61(2,3)49-38-45(39-50(42-49)62(4,5)6)46-40-54-59-58(41-46)65(60-51(43-24-11-7-12-25-43)32-23-33-52(60)44-26-13-8-14-27-44)57-37-22-21-36-56(57)64(59)55-35-20-19-34-53(55)63(54,47-28-15-9-16-29-47)48-30-17-10-18-31-48/h7-42H,1-6H3. The van der Waals surface area contributed by atoms with Gasteiger partial charge in [-0.2, -0.15) is 0 Å². The van der Waals surface area contributed by atoms with Gasteiger partial charge >= 0.3 is 0 Å². The van der Waals surface area contributed by atoms with Crippen molar-refractivity contribution in [2.45, 2.75) is 57.8 Å². The monoisotopic (exact) mass is 835 g/mol. The van der Waals surface area contributed by atoms with E-state index in [4.69, 9.17) is 0 Å². The van der Waals surface area contributed by atoms with Crippen LogP contribution in [0.25, 0.3) is 33.4 Å². The summed E-state index contributed by atoms with van der Waals surface area (Å²) >= 11 is 0. The van der Waals surface area contributed by atoms with Crippen LogP contribution in [0.15, 0.2) is 218 Å². The second-order valence-corrected chi connectivity index (χ2v) is 20.1. The minimum Gasteiger partial charge on any atom is -0.310 e. The van der Waals surface area contributed by atoms with Gasteiger partial charge < -0.3 is 4.90 Å². The molecule has 1 nitrogen and oxygen atoms in total. The van der Waals surface area contributed by atoms with Crippen molar-refractivity contribution in [2.75, 3.05) is 4.90 Å². The van der Waals surface area contributed by atoms with Gasteiger partial charge in [0, 0.05) is 22.5 Å². The number of para-hydroxylation sites is 2. The SMILES string of the molecule is CC(C)(C)c1cc(-c2cc3c4c(c2)C(c2ccccc2)(c2ccccc2)c2ccccc2B4c2ccccc2N3c2c(-c3ccccc3)cccc2-c2ccccc2)cc(C(C)(C)C)c1. The lowest BCUT2D eigenvalue weighted by atomic mass is 9.29. The van der Waals surface area contributed by atoms with E-state index in [1.54, 1.807) is 0 Å². The molecule has 0 saturated heterocycles. The number of nitrogens with zero attached hydrogens (tertiary/aromatic N) is 1. The lowest BCUT2D eigenvalue weighted by molar-refractivity contribution is 0.569. The third-order valence-electron chi connectivity index (χ3n) is 14.1. The maximum Gasteiger partial charge on any atom is 0.247 e. The van der Waals surface area contributed by atoms with E-state index in [1.165, 1.54) is 100 Å². The summed E-state index contributed by atoms with van der Waals surface area (Å²) in [5, 5.41) is 0. The van der Waals surface area contributed by atoms with Crippen molar-refractivity contribution in [3.8, 4) is 33.4 Å². The van der Waals surface area contributed by atoms with Crippen LogP contribution >= 0.6 is 0 Å². The highest BCUT2D eigenvalue weighted by Crippen LogP contribution is 2.53. The van der Waals surface area contributed by atoms with Crippen LogP contribution in [0.1, 0.15) is 74.9 Å². The molecule has 0 aromatic heterocycles. The van der Waals surface area contributed by atoms with Crippen LogP contribution in [-0.4, -0.2) is 6.71 Å². The Labute approximate surface area is 386 Å². The maximum atomic E-state index is 2.64. The summed E-state index contributed by atoms with van der Waals surface area (Å²) < 4.78 is 0. The maximum absolute atomic E-state index is 2.64. The van der Waals surface area contributed by atoms with Crippen molar-refractivity contribution in [3.05, 3.63) is 252 Å². The minimum absolute atomic E-state index is 0.00615. The van der Waals surface area contributed by atoms with Gasteiger partial charge in [0.25, 0.3) is 0 Å². The van der Waals surface area contributed by atoms with Gasteiger partial charge in [0.2, 0.25) is 6.71 Å². The summed E-state index contributed by atoms with van der Waals surface area (Å²) in [6, 6.07) is 82.5. The molecule has 2 aliphatic heterocycles. The number of hydrogen-bond donors (Lipinski definition) is 0. The quantitative estimate of drug-likeness (QED) is 0.151. The van der Waals surface area contributed by atoms with E-state index in [0.29, 0.717) is 0 Å². The van der Waals surface area contributed by atoms with E-state index >= 15 is 0 Å². The third kappa shape index (κ3) is 6.61. The highest BCUT2D eigenvalue weighted by atomic mass is 15.2. The molecule has 314 valence electrons. The number of anilines is 3. The largest absolute Gasteiger partial charge is 0.310 e. The zero-order valence-corrected chi connectivity index (χ0v) is 38.3. The van der Waals surface area contributed by atoms with Gasteiger partial charge in [-0.3, -0.25) is 0 Å². The zero-order chi connectivity index (χ0) is 44.5. The van der Waals surface area contributed by atoms with Crippen LogP contribution in [0.3, 0.4) is 0 Å². The fourth-order valence-corrected chi connectivity index (χ4v) is 10.9. The van der Waals surface area contributed by atoms with Crippen LogP contribution in [0, 0.1) is 0 Å². The first-order valence-corrected chi connectivity index (χ1v) is 23.2. The molecule has 9 aromatic carbocycles. The first kappa shape index (κ1) is 40.6. The highest BCUT2D eigenvalue weighted by Gasteiger charge is 2.52. The van der Waals surface area contributed by atoms with Crippen LogP contribution in [0.4, 0.5) is 17.1 Å². The van der Waals surface area contributed by atoms with Gasteiger partial charge in [-0.05, 0) is 95.6 Å². The van der Waals surface area contributed by atoms with Crippen molar-refractivity contribution >= 4 is 40.2 Å². The van der Waals surface area contributed by atoms with Gasteiger partial charge in [0.1, 0.15) is 0 Å². The fraction of sp³-hybridized carbons (Fsp3) is 0.143. The van der Waals surface area contributed by atoms with Gasteiger partial charge in [0.15, 0.2) is 0 Å². The smallest absolute Gasteiger partial charge is 0.247 e. The van der Waals surface area contributed by atoms with Crippen LogP contribution in [-0.2, 0) is 16.2 Å². The molecule has 0 amide bonds. The molecular weight excluding hydrogens is 782 g/mol. The summed E-state index contributed by atoms with van der Waals surface area (Å²) in [7, 11) is 0. The molecule has 0 saturated carbocycles. The van der Waals surface area contributed by atoms with E-state index in [-0.39, 0.29) is 17.5 Å². The van der Waals surface area contributed by atoms with Gasteiger partial charge in [-0.1, -0.05) is 247 Å². The average Bonchev–Trinajstić information content (AvgIpc) is 3.34. The molecule has 0 spiro atoms. The molecule has 9 aromatic rings. The normalized spacial score (nSPS) is 13.8. The minimum atomic E-state index is -0.636. The lowest BCUT2D eigenvalue weighted by Gasteiger charge is -2.49. The molecule has 11 rings (SSSR count). The van der Waals surface area contributed by atoms with Crippen LogP contribution in [0.5, 0.6) is 0 Å². The molecule has 65 heavy (non-hydrogen) atoms. The first-order valence-electron chi connectivity index (χ1n) is 23.2. The Morgan fingerprint density at radius 1 is 0.369 bits per heavy atom. The predicted octanol–water partition coefficient (Wildman–Crippen LogP) is 14.3. The fourth-order valence-electron chi connectivity index (χ4n) is 10.9. The van der Waals surface area contributed by atoms with E-state index in [9.17, 15) is 0 Å². The summed E-state index contributed by atoms with van der Waals surface area (Å²) in [4.78, 5) is 2.64. The zero-order valence-electron chi connectivity index (χ0n) is 38.3. The van der Waals surface area contributed by atoms with E-state index in [1.807, 2.05) is 0 Å². The predicted molar refractivity (Wildman–Crippen MR) is 278 cm³/mol. The summed E-state index contributed by atoms with van der Waals surface area (Å²) in [6.45, 7) is 14.1. The summed E-state index contributed by atoms with van der Waals surface area (Å²) in [6.07, 6.45) is 0. The van der Waals surface area contributed by atoms with Gasteiger partial charge in [-0.25, -0.2) is 0 Å². The molecule has 0 unspecified atom stereocenters. The Bertz CT molecular complexity index is 3080. The Morgan fingerprint density at radius 3 is 1.37 bits per heavy atom. The number of benzene rings is 9. The first-order chi connectivity index (χ1) is 31.5. The Morgan fingerprint density at radius 2 is 0.831 bits per heavy atom. The van der Waals surface area contributed by atoms with Crippen molar-refractivity contribution in [3.63, 3.8) is 0 Å². The molecule has 0 radical (unpaired) electrons. The van der Waals surface area contributed by atoms with E-state index in [2.05, 4.69) is 265 Å². The van der Waals surface area contributed by atoms with Gasteiger partial charge in [0.05, 0.1) is 11.1 Å². The molecule has 2 heterocycles. The molecule has 0 fully saturated rings.